The molecule has 1 aliphatic carbocycles. The predicted molar refractivity (Wildman–Crippen MR) is 96.2 cm³/mol. The Kier molecular flexibility index (Phi) is 4.79. The topological polar surface area (TPSA) is 129 Å². The number of rotatable bonds is 7. The first-order chi connectivity index (χ1) is 12.6. The highest BCUT2D eigenvalue weighted by Crippen LogP contribution is 2.54. The van der Waals surface area contributed by atoms with Crippen molar-refractivity contribution in [3.63, 3.8) is 0 Å². The molecule has 8 heteroatoms. The summed E-state index contributed by atoms with van der Waals surface area (Å²) in [4.78, 5) is 22.2. The molecule has 0 saturated heterocycles. The molecule has 1 aliphatic rings. The lowest BCUT2D eigenvalue weighted by atomic mass is 9.71. The van der Waals surface area contributed by atoms with E-state index in [4.69, 9.17) is 0 Å². The van der Waals surface area contributed by atoms with Crippen molar-refractivity contribution in [2.24, 2.45) is 0 Å². The van der Waals surface area contributed by atoms with E-state index in [-0.39, 0.29) is 30.6 Å². The molecule has 3 N–H and O–H groups in total. The first-order valence-electron chi connectivity index (χ1n) is 8.31. The van der Waals surface area contributed by atoms with Gasteiger partial charge in [0.1, 0.15) is 0 Å². The zero-order chi connectivity index (χ0) is 19.8. The van der Waals surface area contributed by atoms with E-state index in [1.165, 1.54) is 12.1 Å². The molecule has 0 amide bonds. The van der Waals surface area contributed by atoms with Gasteiger partial charge in [0, 0.05) is 18.3 Å². The Balaban J connectivity index is 2.26. The van der Waals surface area contributed by atoms with Gasteiger partial charge in [0.25, 0.3) is 10.1 Å². The molecule has 7 nitrogen and oxygen atoms in total. The van der Waals surface area contributed by atoms with Crippen molar-refractivity contribution in [2.75, 3.05) is 0 Å². The molecule has 0 fully saturated rings. The maximum absolute atomic E-state index is 11.6. The van der Waals surface area contributed by atoms with Crippen LogP contribution in [-0.2, 0) is 25.1 Å². The summed E-state index contributed by atoms with van der Waals surface area (Å²) in [5.41, 5.74) is 1.87. The maximum atomic E-state index is 11.6. The van der Waals surface area contributed by atoms with E-state index in [0.29, 0.717) is 11.1 Å². The SMILES string of the molecule is O=C(O)CCC1(CCC(=O)O)c2ccccc2-c2ccc(S(=O)(=O)O)cc21. The van der Waals surface area contributed by atoms with Crippen LogP contribution in [0.5, 0.6) is 0 Å². The van der Waals surface area contributed by atoms with Gasteiger partial charge in [-0.3, -0.25) is 14.1 Å². The van der Waals surface area contributed by atoms with Crippen molar-refractivity contribution in [1.29, 1.82) is 0 Å². The van der Waals surface area contributed by atoms with Gasteiger partial charge >= 0.3 is 11.9 Å². The Morgan fingerprint density at radius 2 is 1.41 bits per heavy atom. The van der Waals surface area contributed by atoms with Crippen LogP contribution in [0.25, 0.3) is 11.1 Å². The Morgan fingerprint density at radius 1 is 0.852 bits per heavy atom. The fraction of sp³-hybridized carbons (Fsp3) is 0.263. The molecule has 0 radical (unpaired) electrons. The average molecular weight is 390 g/mol. The second-order valence-electron chi connectivity index (χ2n) is 6.60. The lowest BCUT2D eigenvalue weighted by Crippen LogP contribution is -2.27. The number of carbonyl (C=O) groups is 2. The van der Waals surface area contributed by atoms with Crippen molar-refractivity contribution >= 4 is 22.1 Å². The third-order valence-electron chi connectivity index (χ3n) is 5.07. The van der Waals surface area contributed by atoms with Crippen LogP contribution in [0.15, 0.2) is 47.4 Å². The van der Waals surface area contributed by atoms with E-state index < -0.39 is 27.5 Å². The molecular weight excluding hydrogens is 372 g/mol. The first kappa shape index (κ1) is 19.1. The molecule has 0 unspecified atom stereocenters. The lowest BCUT2D eigenvalue weighted by molar-refractivity contribution is -0.137. The number of fused-ring (bicyclic) bond motifs is 3. The van der Waals surface area contributed by atoms with Crippen LogP contribution < -0.4 is 0 Å². The van der Waals surface area contributed by atoms with E-state index in [0.717, 1.165) is 11.1 Å². The van der Waals surface area contributed by atoms with Gasteiger partial charge in [0.05, 0.1) is 4.90 Å². The summed E-state index contributed by atoms with van der Waals surface area (Å²) in [6.07, 6.45) is -0.171. The number of hydrogen-bond acceptors (Lipinski definition) is 4. The van der Waals surface area contributed by atoms with E-state index >= 15 is 0 Å². The number of carboxylic acids is 2. The molecule has 2 aromatic carbocycles. The quantitative estimate of drug-likeness (QED) is 0.620. The fourth-order valence-corrected chi connectivity index (χ4v) is 4.41. The molecule has 0 saturated carbocycles. The highest BCUT2D eigenvalue weighted by molar-refractivity contribution is 7.85. The minimum atomic E-state index is -4.46. The molecule has 0 heterocycles. The van der Waals surface area contributed by atoms with Gasteiger partial charge in [-0.05, 0) is 47.2 Å². The largest absolute Gasteiger partial charge is 0.481 e. The molecular formula is C19H18O7S. The molecule has 0 bridgehead atoms. The minimum Gasteiger partial charge on any atom is -0.481 e. The van der Waals surface area contributed by atoms with Crippen LogP contribution in [0, 0.1) is 0 Å². The molecule has 27 heavy (non-hydrogen) atoms. The van der Waals surface area contributed by atoms with Crippen molar-refractivity contribution in [2.45, 2.75) is 36.0 Å². The lowest BCUT2D eigenvalue weighted by Gasteiger charge is -2.31. The Hall–Kier alpha value is -2.71. The summed E-state index contributed by atoms with van der Waals surface area (Å²) in [6, 6.07) is 11.4. The number of carboxylic acid groups (broad SMARTS) is 2. The Bertz CT molecular complexity index is 1010. The van der Waals surface area contributed by atoms with E-state index in [1.54, 1.807) is 12.1 Å². The van der Waals surface area contributed by atoms with Crippen molar-refractivity contribution in [3.8, 4) is 11.1 Å². The van der Waals surface area contributed by atoms with Gasteiger partial charge < -0.3 is 10.2 Å². The van der Waals surface area contributed by atoms with Gasteiger partial charge in [-0.25, -0.2) is 0 Å². The van der Waals surface area contributed by atoms with Crippen LogP contribution in [0.2, 0.25) is 0 Å². The van der Waals surface area contributed by atoms with Crippen LogP contribution in [0.4, 0.5) is 0 Å². The monoisotopic (exact) mass is 390 g/mol. The zero-order valence-corrected chi connectivity index (χ0v) is 15.1. The molecule has 0 aliphatic heterocycles. The number of hydrogen-bond donors (Lipinski definition) is 3. The minimum absolute atomic E-state index is 0.120. The van der Waals surface area contributed by atoms with E-state index in [1.807, 2.05) is 18.2 Å². The average Bonchev–Trinajstić information content (AvgIpc) is 2.88. The van der Waals surface area contributed by atoms with Gasteiger partial charge in [-0.2, -0.15) is 8.42 Å². The molecule has 3 rings (SSSR count). The van der Waals surface area contributed by atoms with Gasteiger partial charge in [-0.1, -0.05) is 30.3 Å². The smallest absolute Gasteiger partial charge is 0.303 e. The molecule has 2 aromatic rings. The molecule has 0 spiro atoms. The fourth-order valence-electron chi connectivity index (χ4n) is 3.90. The summed E-state index contributed by atoms with van der Waals surface area (Å²) in [7, 11) is -4.46. The van der Waals surface area contributed by atoms with Crippen LogP contribution in [-0.4, -0.2) is 35.1 Å². The standard InChI is InChI=1S/C19H18O7S/c20-17(21)7-9-19(10-8-18(22)23)15-4-2-1-3-13(15)14-6-5-12(11-16(14)19)27(24,25)26/h1-6,11H,7-10H2,(H,20,21)(H,22,23)(H,24,25,26). The predicted octanol–water partition coefficient (Wildman–Crippen LogP) is 2.93. The van der Waals surface area contributed by atoms with Gasteiger partial charge in [0.15, 0.2) is 0 Å². The van der Waals surface area contributed by atoms with Gasteiger partial charge in [-0.15, -0.1) is 0 Å². The summed E-state index contributed by atoms with van der Waals surface area (Å²) in [5, 5.41) is 18.4. The normalized spacial score (nSPS) is 14.4. The van der Waals surface area contributed by atoms with Crippen molar-refractivity contribution < 1.29 is 32.8 Å². The number of aliphatic carboxylic acids is 2. The third-order valence-corrected chi connectivity index (χ3v) is 5.92. The first-order valence-corrected chi connectivity index (χ1v) is 9.75. The highest BCUT2D eigenvalue weighted by Gasteiger charge is 2.43. The summed E-state index contributed by atoms with van der Waals surface area (Å²) >= 11 is 0. The molecule has 142 valence electrons. The number of benzene rings is 2. The van der Waals surface area contributed by atoms with Crippen molar-refractivity contribution in [1.82, 2.24) is 0 Å². The summed E-state index contributed by atoms with van der Waals surface area (Å²) in [5.74, 6) is -2.05. The van der Waals surface area contributed by atoms with E-state index in [2.05, 4.69) is 0 Å². The molecule has 0 atom stereocenters. The van der Waals surface area contributed by atoms with Crippen LogP contribution >= 0.6 is 0 Å². The van der Waals surface area contributed by atoms with Crippen LogP contribution in [0.3, 0.4) is 0 Å². The second kappa shape index (κ2) is 6.79. The Morgan fingerprint density at radius 3 is 1.96 bits per heavy atom. The highest BCUT2D eigenvalue weighted by atomic mass is 32.2. The Labute approximate surface area is 156 Å². The third kappa shape index (κ3) is 3.45. The maximum Gasteiger partial charge on any atom is 0.303 e. The second-order valence-corrected chi connectivity index (χ2v) is 8.02. The summed E-state index contributed by atoms with van der Waals surface area (Å²) in [6.45, 7) is 0. The molecule has 0 aromatic heterocycles. The summed E-state index contributed by atoms with van der Waals surface area (Å²) < 4.78 is 32.7. The van der Waals surface area contributed by atoms with Gasteiger partial charge in [0.2, 0.25) is 0 Å². The van der Waals surface area contributed by atoms with Crippen LogP contribution in [0.1, 0.15) is 36.8 Å². The zero-order valence-electron chi connectivity index (χ0n) is 14.3. The van der Waals surface area contributed by atoms with Crippen molar-refractivity contribution in [3.05, 3.63) is 53.6 Å². The van der Waals surface area contributed by atoms with E-state index in [9.17, 15) is 32.8 Å².